The minimum absolute atomic E-state index is 0.165. The summed E-state index contributed by atoms with van der Waals surface area (Å²) >= 11 is 1.44. The van der Waals surface area contributed by atoms with Crippen LogP contribution in [0.4, 0.5) is 0 Å². The smallest absolute Gasteiger partial charge is 0.358 e. The number of thiazole rings is 1. The number of ether oxygens (including phenoxy) is 1. The van der Waals surface area contributed by atoms with Crippen molar-refractivity contribution in [3.05, 3.63) is 64.2 Å². The lowest BCUT2D eigenvalue weighted by molar-refractivity contribution is 0.0467. The summed E-state index contributed by atoms with van der Waals surface area (Å²) in [4.78, 5) is 16.7. The Bertz CT molecular complexity index is 1100. The third-order valence-corrected chi connectivity index (χ3v) is 4.95. The predicted molar refractivity (Wildman–Crippen MR) is 100 cm³/mol. The molecule has 0 bridgehead atoms. The summed E-state index contributed by atoms with van der Waals surface area (Å²) in [5.74, 6) is -0.433. The Labute approximate surface area is 153 Å². The number of hydrogen-bond acceptors (Lipinski definition) is 6. The number of carbonyl (C=O) groups excluding carboxylic acids is 1. The van der Waals surface area contributed by atoms with Crippen LogP contribution in [0.2, 0.25) is 0 Å². The van der Waals surface area contributed by atoms with E-state index in [-0.39, 0.29) is 6.61 Å². The van der Waals surface area contributed by atoms with Crippen LogP contribution in [-0.4, -0.2) is 26.4 Å². The molecule has 0 saturated heterocycles. The molecule has 0 radical (unpaired) electrons. The van der Waals surface area contributed by atoms with Gasteiger partial charge in [-0.2, -0.15) is 15.4 Å². The summed E-state index contributed by atoms with van der Waals surface area (Å²) in [5, 5.41) is 13.1. The molecule has 0 aliphatic carbocycles. The first-order chi connectivity index (χ1) is 12.6. The van der Waals surface area contributed by atoms with Crippen molar-refractivity contribution in [2.24, 2.45) is 0 Å². The number of carbonyl (C=O) groups is 1. The molecular formula is C19H16N4O2S. The van der Waals surface area contributed by atoms with Gasteiger partial charge in [0.25, 0.3) is 0 Å². The molecule has 2 heterocycles. The van der Waals surface area contributed by atoms with E-state index in [9.17, 15) is 4.79 Å². The van der Waals surface area contributed by atoms with Crippen molar-refractivity contribution in [2.75, 3.05) is 0 Å². The van der Waals surface area contributed by atoms with Gasteiger partial charge >= 0.3 is 5.97 Å². The highest BCUT2D eigenvalue weighted by molar-refractivity contribution is 7.13. The Kier molecular flexibility index (Phi) is 4.22. The maximum atomic E-state index is 12.3. The predicted octanol–water partition coefficient (Wildman–Crippen LogP) is 4.06. The van der Waals surface area contributed by atoms with Gasteiger partial charge in [-0.1, -0.05) is 29.8 Å². The number of aromatic amines is 1. The molecule has 2 aromatic heterocycles. The number of hydrogen-bond donors (Lipinski definition) is 1. The molecule has 4 aromatic rings. The monoisotopic (exact) mass is 364 g/mol. The molecule has 1 N–H and O–H groups in total. The van der Waals surface area contributed by atoms with E-state index in [4.69, 9.17) is 4.74 Å². The molecule has 0 spiro atoms. The first-order valence-electron chi connectivity index (χ1n) is 8.10. The first kappa shape index (κ1) is 16.4. The number of nitrogens with one attached hydrogen (secondary N) is 1. The topological polar surface area (TPSA) is 80.8 Å². The summed E-state index contributed by atoms with van der Waals surface area (Å²) in [7, 11) is 0. The summed E-state index contributed by atoms with van der Waals surface area (Å²) < 4.78 is 5.39. The largest absolute Gasteiger partial charge is 0.456 e. The van der Waals surface area contributed by atoms with Crippen LogP contribution in [0.1, 0.15) is 27.2 Å². The van der Waals surface area contributed by atoms with Gasteiger partial charge in [0, 0.05) is 10.9 Å². The SMILES string of the molecule is Cc1ccc(-c2nc(C(=O)OCc3ccc4n[nH]nc4c3)cs2)c(C)c1. The Balaban J connectivity index is 1.47. The number of rotatable bonds is 4. The minimum atomic E-state index is -0.433. The molecule has 4 rings (SSSR count). The van der Waals surface area contributed by atoms with Crippen molar-refractivity contribution < 1.29 is 9.53 Å². The fraction of sp³-hybridized carbons (Fsp3) is 0.158. The van der Waals surface area contributed by atoms with E-state index >= 15 is 0 Å². The number of nitrogens with zero attached hydrogens (tertiary/aromatic N) is 3. The Morgan fingerprint density at radius 3 is 2.81 bits per heavy atom. The van der Waals surface area contributed by atoms with Crippen molar-refractivity contribution in [1.82, 2.24) is 20.4 Å². The van der Waals surface area contributed by atoms with Crippen LogP contribution < -0.4 is 0 Å². The lowest BCUT2D eigenvalue weighted by Crippen LogP contribution is -2.05. The van der Waals surface area contributed by atoms with Crippen LogP contribution in [0, 0.1) is 13.8 Å². The van der Waals surface area contributed by atoms with Gasteiger partial charge in [-0.25, -0.2) is 9.78 Å². The Hall–Kier alpha value is -3.06. The van der Waals surface area contributed by atoms with Crippen LogP contribution in [0.25, 0.3) is 21.6 Å². The van der Waals surface area contributed by atoms with Gasteiger partial charge in [0.05, 0.1) is 0 Å². The number of esters is 1. The van der Waals surface area contributed by atoms with Gasteiger partial charge in [0.15, 0.2) is 5.69 Å². The lowest BCUT2D eigenvalue weighted by Gasteiger charge is -2.04. The molecule has 6 nitrogen and oxygen atoms in total. The van der Waals surface area contributed by atoms with Crippen LogP contribution in [0.3, 0.4) is 0 Å². The number of H-pyrrole nitrogens is 1. The second kappa shape index (κ2) is 6.68. The maximum absolute atomic E-state index is 12.3. The second-order valence-corrected chi connectivity index (χ2v) is 6.94. The van der Waals surface area contributed by atoms with E-state index in [1.165, 1.54) is 16.9 Å². The summed E-state index contributed by atoms with van der Waals surface area (Å²) in [6.07, 6.45) is 0. The molecule has 0 amide bonds. The molecule has 0 atom stereocenters. The lowest BCUT2D eigenvalue weighted by atomic mass is 10.1. The molecule has 0 aliphatic rings. The molecular weight excluding hydrogens is 348 g/mol. The molecule has 0 unspecified atom stereocenters. The number of fused-ring (bicyclic) bond motifs is 1. The molecule has 0 saturated carbocycles. The van der Waals surface area contributed by atoms with Crippen molar-refractivity contribution in [1.29, 1.82) is 0 Å². The highest BCUT2D eigenvalue weighted by Crippen LogP contribution is 2.27. The minimum Gasteiger partial charge on any atom is -0.456 e. The van der Waals surface area contributed by atoms with Crippen LogP contribution >= 0.6 is 11.3 Å². The van der Waals surface area contributed by atoms with Crippen LogP contribution in [0.15, 0.2) is 41.8 Å². The van der Waals surface area contributed by atoms with Gasteiger partial charge in [-0.05, 0) is 37.1 Å². The zero-order valence-electron chi connectivity index (χ0n) is 14.3. The highest BCUT2D eigenvalue weighted by Gasteiger charge is 2.15. The van der Waals surface area contributed by atoms with Gasteiger partial charge in [-0.15, -0.1) is 11.3 Å². The van der Waals surface area contributed by atoms with E-state index < -0.39 is 5.97 Å². The average molecular weight is 364 g/mol. The van der Waals surface area contributed by atoms with E-state index in [2.05, 4.69) is 33.4 Å². The standard InChI is InChI=1S/C19H16N4O2S/c1-11-3-5-14(12(2)7-11)18-20-17(10-26-18)19(24)25-9-13-4-6-15-16(8-13)22-23-21-15/h3-8,10H,9H2,1-2H3,(H,21,22,23). The van der Waals surface area contributed by atoms with Crippen LogP contribution in [-0.2, 0) is 11.3 Å². The van der Waals surface area contributed by atoms with Crippen molar-refractivity contribution in [3.8, 4) is 10.6 Å². The van der Waals surface area contributed by atoms with E-state index in [0.29, 0.717) is 5.69 Å². The third-order valence-electron chi connectivity index (χ3n) is 4.08. The first-order valence-corrected chi connectivity index (χ1v) is 8.98. The van der Waals surface area contributed by atoms with Crippen molar-refractivity contribution in [2.45, 2.75) is 20.5 Å². The maximum Gasteiger partial charge on any atom is 0.358 e. The summed E-state index contributed by atoms with van der Waals surface area (Å²) in [6.45, 7) is 4.26. The third kappa shape index (κ3) is 3.21. The number of aromatic nitrogens is 4. The highest BCUT2D eigenvalue weighted by atomic mass is 32.1. The molecule has 7 heteroatoms. The molecule has 2 aromatic carbocycles. The van der Waals surface area contributed by atoms with E-state index in [0.717, 1.165) is 32.7 Å². The van der Waals surface area contributed by atoms with Crippen molar-refractivity contribution in [3.63, 3.8) is 0 Å². The van der Waals surface area contributed by atoms with E-state index in [1.807, 2.05) is 37.3 Å². The fourth-order valence-electron chi connectivity index (χ4n) is 2.74. The Morgan fingerprint density at radius 2 is 1.96 bits per heavy atom. The molecule has 0 aliphatic heterocycles. The Morgan fingerprint density at radius 1 is 1.12 bits per heavy atom. The normalized spacial score (nSPS) is 11.0. The molecule has 26 heavy (non-hydrogen) atoms. The van der Waals surface area contributed by atoms with Crippen LogP contribution in [0.5, 0.6) is 0 Å². The quantitative estimate of drug-likeness (QED) is 0.552. The number of aryl methyl sites for hydroxylation is 2. The summed E-state index contributed by atoms with van der Waals surface area (Å²) in [6, 6.07) is 11.7. The molecule has 0 fully saturated rings. The van der Waals surface area contributed by atoms with E-state index in [1.54, 1.807) is 5.38 Å². The van der Waals surface area contributed by atoms with Gasteiger partial charge < -0.3 is 4.74 Å². The zero-order chi connectivity index (χ0) is 18.1. The van der Waals surface area contributed by atoms with Gasteiger partial charge in [-0.3, -0.25) is 0 Å². The fourth-order valence-corrected chi connectivity index (χ4v) is 3.62. The van der Waals surface area contributed by atoms with Gasteiger partial charge in [0.2, 0.25) is 0 Å². The van der Waals surface area contributed by atoms with Gasteiger partial charge in [0.1, 0.15) is 22.6 Å². The van der Waals surface area contributed by atoms with Crippen molar-refractivity contribution >= 4 is 28.3 Å². The number of benzene rings is 2. The summed E-state index contributed by atoms with van der Waals surface area (Å²) in [5.41, 5.74) is 6.07. The average Bonchev–Trinajstić information content (AvgIpc) is 3.28. The second-order valence-electron chi connectivity index (χ2n) is 6.08. The zero-order valence-corrected chi connectivity index (χ0v) is 15.1. The molecule has 130 valence electrons.